The van der Waals surface area contributed by atoms with E-state index in [0.29, 0.717) is 6.04 Å². The minimum absolute atomic E-state index is 0.660. The van der Waals surface area contributed by atoms with Gasteiger partial charge >= 0.3 is 0 Å². The Kier molecular flexibility index (Phi) is 3.11. The van der Waals surface area contributed by atoms with E-state index in [1.807, 2.05) is 12.4 Å². The number of likely N-dealkylation sites (N-methyl/N-ethyl adjacent to an activating group) is 1. The molecule has 0 aliphatic carbocycles. The average Bonchev–Trinajstić information content (AvgIpc) is 2.63. The Morgan fingerprint density at radius 1 is 1.50 bits per heavy atom. The number of hydrogen-bond donors (Lipinski definition) is 1. The normalized spacial score (nSPS) is 22.8. The third-order valence-electron chi connectivity index (χ3n) is 2.74. The molecule has 1 atom stereocenters. The molecular weight excluding hydrogens is 174 g/mol. The number of nitrogens with zero attached hydrogens (tertiary/aromatic N) is 2. The van der Waals surface area contributed by atoms with Crippen molar-refractivity contribution in [1.82, 2.24) is 15.2 Å². The summed E-state index contributed by atoms with van der Waals surface area (Å²) >= 11 is 0. The lowest BCUT2D eigenvalue weighted by molar-refractivity contribution is 0.397. The van der Waals surface area contributed by atoms with Gasteiger partial charge in [-0.05, 0) is 37.7 Å². The Labute approximate surface area is 85.1 Å². The Hall–Kier alpha value is -0.930. The van der Waals surface area contributed by atoms with E-state index in [2.05, 4.69) is 34.4 Å². The molecule has 1 aromatic rings. The van der Waals surface area contributed by atoms with Gasteiger partial charge in [-0.2, -0.15) is 0 Å². The van der Waals surface area contributed by atoms with Crippen molar-refractivity contribution in [3.8, 4) is 0 Å². The second-order valence-corrected chi connectivity index (χ2v) is 3.98. The first-order valence-electron chi connectivity index (χ1n) is 5.15. The first kappa shape index (κ1) is 9.62. The largest absolute Gasteiger partial charge is 0.309 e. The van der Waals surface area contributed by atoms with Crippen LogP contribution >= 0.6 is 0 Å². The summed E-state index contributed by atoms with van der Waals surface area (Å²) < 4.78 is 0. The maximum atomic E-state index is 4.00. The molecule has 1 aliphatic heterocycles. The molecule has 2 heterocycles. The molecule has 0 saturated carbocycles. The molecule has 0 spiro atoms. The van der Waals surface area contributed by atoms with Crippen LogP contribution in [0.3, 0.4) is 0 Å². The number of hydrogen-bond acceptors (Lipinski definition) is 3. The Balaban J connectivity index is 1.78. The molecule has 0 bridgehead atoms. The molecule has 1 N–H and O–H groups in total. The molecule has 0 aromatic carbocycles. The van der Waals surface area contributed by atoms with E-state index in [0.717, 1.165) is 6.54 Å². The lowest BCUT2D eigenvalue weighted by Crippen LogP contribution is -2.30. The van der Waals surface area contributed by atoms with Gasteiger partial charge in [-0.3, -0.25) is 4.98 Å². The first-order chi connectivity index (χ1) is 6.84. The molecule has 1 aromatic heterocycles. The van der Waals surface area contributed by atoms with Crippen LogP contribution in [0.5, 0.6) is 0 Å². The summed E-state index contributed by atoms with van der Waals surface area (Å²) in [6.07, 6.45) is 4.96. The van der Waals surface area contributed by atoms with Crippen LogP contribution < -0.4 is 5.32 Å². The van der Waals surface area contributed by atoms with E-state index in [9.17, 15) is 0 Å². The fraction of sp³-hybridized carbons (Fsp3) is 0.545. The van der Waals surface area contributed by atoms with Crippen LogP contribution in [0.4, 0.5) is 0 Å². The standard InChI is InChI=1S/C11H17N3/c1-14-7-4-11(9-14)13-8-10-2-5-12-6-3-10/h2-3,5-6,11,13H,4,7-9H2,1H3. The fourth-order valence-electron chi connectivity index (χ4n) is 1.86. The van der Waals surface area contributed by atoms with Crippen molar-refractivity contribution in [3.63, 3.8) is 0 Å². The maximum absolute atomic E-state index is 4.00. The molecule has 0 radical (unpaired) electrons. The molecule has 2 rings (SSSR count). The Morgan fingerprint density at radius 2 is 2.29 bits per heavy atom. The topological polar surface area (TPSA) is 28.2 Å². The third-order valence-corrected chi connectivity index (χ3v) is 2.74. The van der Waals surface area contributed by atoms with Gasteiger partial charge in [-0.25, -0.2) is 0 Å². The van der Waals surface area contributed by atoms with E-state index < -0.39 is 0 Å². The summed E-state index contributed by atoms with van der Waals surface area (Å²) in [5.74, 6) is 0. The van der Waals surface area contributed by atoms with E-state index >= 15 is 0 Å². The summed E-state index contributed by atoms with van der Waals surface area (Å²) in [4.78, 5) is 6.37. The number of aromatic nitrogens is 1. The average molecular weight is 191 g/mol. The van der Waals surface area contributed by atoms with Gasteiger partial charge in [0.05, 0.1) is 0 Å². The Bertz CT molecular complexity index is 273. The van der Waals surface area contributed by atoms with Gasteiger partial charge in [0, 0.05) is 31.5 Å². The van der Waals surface area contributed by atoms with E-state index in [1.165, 1.54) is 25.1 Å². The van der Waals surface area contributed by atoms with Crippen LogP contribution in [0.15, 0.2) is 24.5 Å². The smallest absolute Gasteiger partial charge is 0.0271 e. The number of pyridine rings is 1. The van der Waals surface area contributed by atoms with E-state index in [-0.39, 0.29) is 0 Å². The first-order valence-corrected chi connectivity index (χ1v) is 5.15. The van der Waals surface area contributed by atoms with Crippen LogP contribution in [0.1, 0.15) is 12.0 Å². The van der Waals surface area contributed by atoms with Gasteiger partial charge in [0.25, 0.3) is 0 Å². The minimum Gasteiger partial charge on any atom is -0.309 e. The van der Waals surface area contributed by atoms with Crippen molar-refractivity contribution < 1.29 is 0 Å². The van der Waals surface area contributed by atoms with Crippen LogP contribution in [0, 0.1) is 0 Å². The minimum atomic E-state index is 0.660. The monoisotopic (exact) mass is 191 g/mol. The van der Waals surface area contributed by atoms with Crippen molar-refractivity contribution in [2.75, 3.05) is 20.1 Å². The molecule has 0 amide bonds. The quantitative estimate of drug-likeness (QED) is 0.768. The molecule has 1 fully saturated rings. The van der Waals surface area contributed by atoms with Crippen LogP contribution in [0.25, 0.3) is 0 Å². The number of rotatable bonds is 3. The van der Waals surface area contributed by atoms with Crippen molar-refractivity contribution in [2.45, 2.75) is 19.0 Å². The molecule has 1 saturated heterocycles. The van der Waals surface area contributed by atoms with Crippen molar-refractivity contribution in [2.24, 2.45) is 0 Å². The van der Waals surface area contributed by atoms with Crippen molar-refractivity contribution in [3.05, 3.63) is 30.1 Å². The van der Waals surface area contributed by atoms with Crippen LogP contribution in [-0.2, 0) is 6.54 Å². The van der Waals surface area contributed by atoms with Crippen LogP contribution in [0.2, 0.25) is 0 Å². The highest BCUT2D eigenvalue weighted by molar-refractivity contribution is 5.09. The van der Waals surface area contributed by atoms with Gasteiger partial charge in [0.2, 0.25) is 0 Å². The molecule has 1 unspecified atom stereocenters. The molecule has 3 nitrogen and oxygen atoms in total. The number of likely N-dealkylation sites (tertiary alicyclic amines) is 1. The summed E-state index contributed by atoms with van der Waals surface area (Å²) in [7, 11) is 2.17. The zero-order valence-electron chi connectivity index (χ0n) is 8.61. The summed E-state index contributed by atoms with van der Waals surface area (Å²) in [6, 6.07) is 4.78. The van der Waals surface area contributed by atoms with E-state index in [4.69, 9.17) is 0 Å². The Morgan fingerprint density at radius 3 is 2.93 bits per heavy atom. The predicted octanol–water partition coefficient (Wildman–Crippen LogP) is 0.875. The van der Waals surface area contributed by atoms with Gasteiger partial charge in [0.1, 0.15) is 0 Å². The summed E-state index contributed by atoms with van der Waals surface area (Å²) in [5, 5.41) is 3.56. The lowest BCUT2D eigenvalue weighted by atomic mass is 10.2. The second kappa shape index (κ2) is 4.53. The lowest BCUT2D eigenvalue weighted by Gasteiger charge is -2.12. The van der Waals surface area contributed by atoms with Crippen LogP contribution in [-0.4, -0.2) is 36.1 Å². The summed E-state index contributed by atoms with van der Waals surface area (Å²) in [6.45, 7) is 3.35. The van der Waals surface area contributed by atoms with E-state index in [1.54, 1.807) is 0 Å². The molecule has 14 heavy (non-hydrogen) atoms. The van der Waals surface area contributed by atoms with Gasteiger partial charge in [-0.15, -0.1) is 0 Å². The highest BCUT2D eigenvalue weighted by atomic mass is 15.2. The number of nitrogens with one attached hydrogen (secondary N) is 1. The molecule has 76 valence electrons. The summed E-state index contributed by atoms with van der Waals surface area (Å²) in [5.41, 5.74) is 1.31. The zero-order chi connectivity index (χ0) is 9.80. The van der Waals surface area contributed by atoms with Gasteiger partial charge in [-0.1, -0.05) is 0 Å². The predicted molar refractivity (Wildman–Crippen MR) is 57.0 cm³/mol. The van der Waals surface area contributed by atoms with Crippen molar-refractivity contribution >= 4 is 0 Å². The highest BCUT2D eigenvalue weighted by Crippen LogP contribution is 2.07. The third kappa shape index (κ3) is 2.53. The maximum Gasteiger partial charge on any atom is 0.0271 e. The highest BCUT2D eigenvalue weighted by Gasteiger charge is 2.18. The zero-order valence-corrected chi connectivity index (χ0v) is 8.61. The molecule has 3 heteroatoms. The van der Waals surface area contributed by atoms with Gasteiger partial charge < -0.3 is 10.2 Å². The van der Waals surface area contributed by atoms with Gasteiger partial charge in [0.15, 0.2) is 0 Å². The second-order valence-electron chi connectivity index (χ2n) is 3.98. The SMILES string of the molecule is CN1CCC(NCc2ccncc2)C1. The van der Waals surface area contributed by atoms with Crippen molar-refractivity contribution in [1.29, 1.82) is 0 Å². The molecular formula is C11H17N3. The molecule has 1 aliphatic rings. The fourth-order valence-corrected chi connectivity index (χ4v) is 1.86.